The van der Waals surface area contributed by atoms with Crippen LogP contribution in [0.2, 0.25) is 0 Å². The van der Waals surface area contributed by atoms with Gasteiger partial charge in [0.25, 0.3) is 0 Å². The van der Waals surface area contributed by atoms with E-state index in [1.54, 1.807) is 0 Å². The number of hydrogen-bond acceptors (Lipinski definition) is 5. The maximum atomic E-state index is 14.4. The van der Waals surface area contributed by atoms with Gasteiger partial charge in [-0.1, -0.05) is 54.0 Å². The van der Waals surface area contributed by atoms with Gasteiger partial charge < -0.3 is 9.84 Å². The zero-order chi connectivity index (χ0) is 27.4. The van der Waals surface area contributed by atoms with Gasteiger partial charge in [0.2, 0.25) is 0 Å². The van der Waals surface area contributed by atoms with Crippen molar-refractivity contribution in [2.45, 2.75) is 99.8 Å². The third-order valence-corrected chi connectivity index (χ3v) is 12.7. The van der Waals surface area contributed by atoms with Crippen LogP contribution in [0.4, 0.5) is 0 Å². The maximum absolute atomic E-state index is 14.4. The summed E-state index contributed by atoms with van der Waals surface area (Å²) in [5.41, 5.74) is -0.302. The molecule has 0 saturated heterocycles. The number of ether oxygens (including phenoxy) is 1. The Bertz CT molecular complexity index is 1170. The average molecular weight is 508 g/mol. The topological polar surface area (TPSA) is 87.4 Å². The molecule has 0 heterocycles. The molecule has 1 N–H and O–H groups in total. The van der Waals surface area contributed by atoms with Crippen LogP contribution in [0.25, 0.3) is 0 Å². The van der Waals surface area contributed by atoms with Crippen LogP contribution in [0.15, 0.2) is 23.0 Å². The lowest BCUT2D eigenvalue weighted by atomic mass is 9.33. The zero-order valence-corrected chi connectivity index (χ0v) is 24.1. The Kier molecular flexibility index (Phi) is 5.54. The van der Waals surface area contributed by atoms with E-state index in [1.807, 2.05) is 19.9 Å². The summed E-state index contributed by atoms with van der Waals surface area (Å²) in [7, 11) is 1.50. The van der Waals surface area contributed by atoms with Crippen LogP contribution in [-0.2, 0) is 14.3 Å². The number of hydrogen-bond donors (Lipinski definition) is 1. The molecule has 5 rings (SSSR count). The van der Waals surface area contributed by atoms with Gasteiger partial charge in [-0.3, -0.25) is 9.59 Å². The molecule has 5 nitrogen and oxygen atoms in total. The van der Waals surface area contributed by atoms with E-state index >= 15 is 0 Å². The summed E-state index contributed by atoms with van der Waals surface area (Å²) in [6, 6.07) is 2.28. The number of nitriles is 1. The number of fused-ring (bicyclic) bond motifs is 7. The second-order valence-electron chi connectivity index (χ2n) is 15.2. The van der Waals surface area contributed by atoms with E-state index in [4.69, 9.17) is 4.74 Å². The smallest absolute Gasteiger partial charge is 0.312 e. The number of ketones is 1. The third-order valence-electron chi connectivity index (χ3n) is 12.7. The fraction of sp³-hybridized carbons (Fsp3) is 0.781. The highest BCUT2D eigenvalue weighted by Gasteiger charge is 2.71. The SMILES string of the molecule is COC(=O)[C@]12CCC(C)(C)C[C@H]1C1=CC(=O)[C@@H]3[C@@]4(C)CC(C#N)=C(O)C(C)(C)[C@@H]4CC[C@@]3(C)[C@]1(C)CC2. The molecule has 202 valence electrons. The first-order chi connectivity index (χ1) is 17.0. The fourth-order valence-electron chi connectivity index (χ4n) is 10.6. The summed E-state index contributed by atoms with van der Waals surface area (Å²) in [6.45, 7) is 15.5. The van der Waals surface area contributed by atoms with E-state index in [0.717, 1.165) is 44.9 Å². The van der Waals surface area contributed by atoms with E-state index in [9.17, 15) is 20.0 Å². The van der Waals surface area contributed by atoms with Crippen molar-refractivity contribution in [3.63, 3.8) is 0 Å². The number of aliphatic hydroxyl groups is 1. The van der Waals surface area contributed by atoms with Crippen LogP contribution >= 0.6 is 0 Å². The molecular formula is C32H45NO4. The summed E-state index contributed by atoms with van der Waals surface area (Å²) in [6.07, 6.45) is 8.53. The van der Waals surface area contributed by atoms with Gasteiger partial charge in [0.05, 0.1) is 24.2 Å². The molecule has 5 aliphatic rings. The number of nitrogens with zero attached hydrogens (tertiary/aromatic N) is 1. The number of esters is 1. The molecule has 0 unspecified atom stereocenters. The minimum Gasteiger partial charge on any atom is -0.511 e. The Morgan fingerprint density at radius 2 is 1.70 bits per heavy atom. The van der Waals surface area contributed by atoms with E-state index < -0.39 is 16.2 Å². The number of allylic oxidation sites excluding steroid dienone is 4. The Morgan fingerprint density at radius 3 is 2.32 bits per heavy atom. The minimum atomic E-state index is -0.551. The second-order valence-corrected chi connectivity index (χ2v) is 15.2. The normalized spacial score (nSPS) is 45.9. The van der Waals surface area contributed by atoms with Crippen molar-refractivity contribution in [2.75, 3.05) is 7.11 Å². The number of aliphatic hydroxyl groups excluding tert-OH is 1. The van der Waals surface area contributed by atoms with E-state index in [-0.39, 0.29) is 51.5 Å². The summed E-state index contributed by atoms with van der Waals surface area (Å²) >= 11 is 0. The van der Waals surface area contributed by atoms with Gasteiger partial charge in [0, 0.05) is 11.3 Å². The first-order valence-corrected chi connectivity index (χ1v) is 14.2. The van der Waals surface area contributed by atoms with Gasteiger partial charge in [-0.05, 0) is 90.9 Å². The standard InChI is InChI=1S/C32H45NO4/c1-27(2)11-13-32(26(36)37-8)14-12-30(6)20(21(32)17-27)15-22(34)24-29(5)16-19(18-33)25(35)28(3,4)23(29)9-10-31(24,30)7/h15,21,23-24,35H,9-14,16-17H2,1-8H3/t21-,23-,24+,29-,30+,31+,32-/m0/s1. The average Bonchev–Trinajstić information content (AvgIpc) is 2.81. The van der Waals surface area contributed by atoms with Crippen LogP contribution in [0.3, 0.4) is 0 Å². The number of carbonyl (C=O) groups excluding carboxylic acids is 2. The van der Waals surface area contributed by atoms with Crippen molar-refractivity contribution in [1.82, 2.24) is 0 Å². The molecule has 5 heteroatoms. The van der Waals surface area contributed by atoms with Gasteiger partial charge in [-0.2, -0.15) is 5.26 Å². The van der Waals surface area contributed by atoms with Crippen LogP contribution in [0.5, 0.6) is 0 Å². The van der Waals surface area contributed by atoms with Crippen molar-refractivity contribution >= 4 is 11.8 Å². The molecular weight excluding hydrogens is 462 g/mol. The van der Waals surface area contributed by atoms with Crippen molar-refractivity contribution in [2.24, 2.45) is 50.2 Å². The summed E-state index contributed by atoms with van der Waals surface area (Å²) in [4.78, 5) is 27.8. The molecule has 0 amide bonds. The molecule has 3 saturated carbocycles. The van der Waals surface area contributed by atoms with Crippen LogP contribution < -0.4 is 0 Å². The number of rotatable bonds is 1. The van der Waals surface area contributed by atoms with Crippen LogP contribution in [-0.4, -0.2) is 24.0 Å². The molecule has 0 aromatic carbocycles. The quantitative estimate of drug-likeness (QED) is 0.383. The highest BCUT2D eigenvalue weighted by molar-refractivity contribution is 5.96. The molecule has 0 aromatic heterocycles. The molecule has 5 aliphatic carbocycles. The van der Waals surface area contributed by atoms with Crippen molar-refractivity contribution in [1.29, 1.82) is 5.26 Å². The molecule has 37 heavy (non-hydrogen) atoms. The molecule has 0 spiro atoms. The molecule has 0 bridgehead atoms. The first kappa shape index (κ1) is 26.5. The lowest BCUT2D eigenvalue weighted by Crippen LogP contribution is -2.66. The lowest BCUT2D eigenvalue weighted by molar-refractivity contribution is -0.185. The first-order valence-electron chi connectivity index (χ1n) is 14.2. The minimum absolute atomic E-state index is 0.0103. The van der Waals surface area contributed by atoms with Gasteiger partial charge in [-0.25, -0.2) is 0 Å². The third kappa shape index (κ3) is 3.14. The summed E-state index contributed by atoms with van der Waals surface area (Å²) in [5, 5.41) is 20.9. The second kappa shape index (κ2) is 7.73. The molecule has 0 radical (unpaired) electrons. The van der Waals surface area contributed by atoms with Crippen molar-refractivity contribution < 1.29 is 19.4 Å². The van der Waals surface area contributed by atoms with E-state index in [0.29, 0.717) is 12.0 Å². The number of methoxy groups -OCH3 is 1. The van der Waals surface area contributed by atoms with Gasteiger partial charge in [-0.15, -0.1) is 0 Å². The summed E-state index contributed by atoms with van der Waals surface area (Å²) < 4.78 is 5.42. The van der Waals surface area contributed by atoms with Gasteiger partial charge in [0.15, 0.2) is 5.78 Å². The van der Waals surface area contributed by atoms with E-state index in [1.165, 1.54) is 12.7 Å². The van der Waals surface area contributed by atoms with Crippen molar-refractivity contribution in [3.8, 4) is 6.07 Å². The monoisotopic (exact) mass is 507 g/mol. The van der Waals surface area contributed by atoms with Crippen molar-refractivity contribution in [3.05, 3.63) is 23.0 Å². The predicted octanol–water partition coefficient (Wildman–Crippen LogP) is 7.09. The lowest BCUT2D eigenvalue weighted by Gasteiger charge is -2.69. The molecule has 0 aliphatic heterocycles. The van der Waals surface area contributed by atoms with Crippen LogP contribution in [0.1, 0.15) is 99.8 Å². The Hall–Kier alpha value is -2.09. The number of carbonyl (C=O) groups is 2. The highest BCUT2D eigenvalue weighted by Crippen LogP contribution is 2.75. The fourth-order valence-corrected chi connectivity index (χ4v) is 10.6. The predicted molar refractivity (Wildman–Crippen MR) is 142 cm³/mol. The molecule has 3 fully saturated rings. The largest absolute Gasteiger partial charge is 0.511 e. The van der Waals surface area contributed by atoms with Gasteiger partial charge in [0.1, 0.15) is 5.76 Å². The van der Waals surface area contributed by atoms with E-state index in [2.05, 4.69) is 40.7 Å². The molecule has 0 aromatic rings. The van der Waals surface area contributed by atoms with Gasteiger partial charge >= 0.3 is 5.97 Å². The molecule has 7 atom stereocenters. The summed E-state index contributed by atoms with van der Waals surface area (Å²) in [5.74, 6) is 0.141. The Labute approximate surface area is 222 Å². The Balaban J connectivity index is 1.68. The highest BCUT2D eigenvalue weighted by atomic mass is 16.5. The Morgan fingerprint density at radius 1 is 1.05 bits per heavy atom. The zero-order valence-electron chi connectivity index (χ0n) is 24.1. The maximum Gasteiger partial charge on any atom is 0.312 e. The van der Waals surface area contributed by atoms with Crippen LogP contribution in [0, 0.1) is 61.6 Å².